The lowest BCUT2D eigenvalue weighted by atomic mass is 10.2. The first kappa shape index (κ1) is 14.4. The van der Waals surface area contributed by atoms with Gasteiger partial charge in [-0.05, 0) is 5.56 Å². The van der Waals surface area contributed by atoms with Crippen molar-refractivity contribution in [1.29, 1.82) is 0 Å². The van der Waals surface area contributed by atoms with Crippen LogP contribution in [0.2, 0.25) is 0 Å². The molecule has 1 aliphatic rings. The summed E-state index contributed by atoms with van der Waals surface area (Å²) in [6.07, 6.45) is -0.157. The van der Waals surface area contributed by atoms with E-state index in [2.05, 4.69) is 21.8 Å². The summed E-state index contributed by atoms with van der Waals surface area (Å²) in [5.41, 5.74) is 1.24. The summed E-state index contributed by atoms with van der Waals surface area (Å²) in [5, 5.41) is 4.90. The molecule has 0 radical (unpaired) electrons. The van der Waals surface area contributed by atoms with Crippen molar-refractivity contribution in [3.05, 3.63) is 35.9 Å². The van der Waals surface area contributed by atoms with Crippen LogP contribution in [0.15, 0.2) is 30.3 Å². The van der Waals surface area contributed by atoms with E-state index in [0.29, 0.717) is 13.2 Å². The Morgan fingerprint density at radius 3 is 2.79 bits per heavy atom. The maximum absolute atomic E-state index is 10.8. The van der Waals surface area contributed by atoms with Crippen LogP contribution in [0.5, 0.6) is 0 Å². The molecular weight excluding hydrogens is 266 g/mol. The number of benzene rings is 1. The van der Waals surface area contributed by atoms with Crippen LogP contribution in [-0.2, 0) is 21.5 Å². The minimum Gasteiger partial charge on any atom is -0.374 e. The van der Waals surface area contributed by atoms with E-state index >= 15 is 0 Å². The maximum Gasteiger partial charge on any atom is 0.274 e. The van der Waals surface area contributed by atoms with Crippen LogP contribution in [0.25, 0.3) is 0 Å². The van der Waals surface area contributed by atoms with E-state index in [1.165, 1.54) is 5.56 Å². The summed E-state index contributed by atoms with van der Waals surface area (Å²) in [6, 6.07) is 10.2. The standard InChI is InChI=1S/C12H19N3O3S/c13-19(16,17)14-8-12-10-15(6-7-18-12)9-11-4-2-1-3-5-11/h1-5,12,14H,6-10H2,(H2,13,16,17)/t12-/m0/s1. The van der Waals surface area contributed by atoms with Crippen molar-refractivity contribution in [2.45, 2.75) is 12.6 Å². The van der Waals surface area contributed by atoms with Gasteiger partial charge in [-0.2, -0.15) is 13.1 Å². The van der Waals surface area contributed by atoms with Crippen LogP contribution < -0.4 is 9.86 Å². The van der Waals surface area contributed by atoms with Gasteiger partial charge in [0.05, 0.1) is 12.7 Å². The van der Waals surface area contributed by atoms with E-state index in [-0.39, 0.29) is 12.6 Å². The Balaban J connectivity index is 1.84. The van der Waals surface area contributed by atoms with Gasteiger partial charge in [-0.25, -0.2) is 5.14 Å². The van der Waals surface area contributed by atoms with Gasteiger partial charge in [0.25, 0.3) is 10.2 Å². The van der Waals surface area contributed by atoms with Gasteiger partial charge in [-0.15, -0.1) is 0 Å². The highest BCUT2D eigenvalue weighted by atomic mass is 32.2. The molecule has 19 heavy (non-hydrogen) atoms. The van der Waals surface area contributed by atoms with E-state index in [1.54, 1.807) is 0 Å². The topological polar surface area (TPSA) is 84.7 Å². The fourth-order valence-corrected chi connectivity index (χ4v) is 2.52. The van der Waals surface area contributed by atoms with Crippen LogP contribution in [0.4, 0.5) is 0 Å². The Morgan fingerprint density at radius 1 is 1.37 bits per heavy atom. The lowest BCUT2D eigenvalue weighted by Crippen LogP contribution is -2.48. The Kier molecular flexibility index (Phi) is 4.89. The second-order valence-corrected chi connectivity index (χ2v) is 5.99. The summed E-state index contributed by atoms with van der Waals surface area (Å²) in [7, 11) is -3.65. The van der Waals surface area contributed by atoms with Crippen molar-refractivity contribution in [3.8, 4) is 0 Å². The van der Waals surface area contributed by atoms with Gasteiger partial charge in [-0.1, -0.05) is 30.3 Å². The predicted molar refractivity (Wildman–Crippen MR) is 72.6 cm³/mol. The zero-order chi connectivity index (χ0) is 13.7. The fourth-order valence-electron chi connectivity index (χ4n) is 2.10. The number of ether oxygens (including phenoxy) is 1. The molecule has 1 atom stereocenters. The molecule has 0 aromatic heterocycles. The number of nitrogens with one attached hydrogen (secondary N) is 1. The quantitative estimate of drug-likeness (QED) is 0.776. The molecular formula is C12H19N3O3S. The lowest BCUT2D eigenvalue weighted by molar-refractivity contribution is -0.0276. The average molecular weight is 285 g/mol. The van der Waals surface area contributed by atoms with Gasteiger partial charge in [0.15, 0.2) is 0 Å². The molecule has 1 aliphatic heterocycles. The average Bonchev–Trinajstić information content (AvgIpc) is 2.37. The third kappa shape index (κ3) is 5.25. The molecule has 0 spiro atoms. The molecule has 1 aromatic carbocycles. The van der Waals surface area contributed by atoms with E-state index in [0.717, 1.165) is 13.1 Å². The van der Waals surface area contributed by atoms with E-state index in [4.69, 9.17) is 9.88 Å². The lowest BCUT2D eigenvalue weighted by Gasteiger charge is -2.32. The monoisotopic (exact) mass is 285 g/mol. The molecule has 1 saturated heterocycles. The molecule has 7 heteroatoms. The number of rotatable bonds is 5. The molecule has 6 nitrogen and oxygen atoms in total. The fraction of sp³-hybridized carbons (Fsp3) is 0.500. The van der Waals surface area contributed by atoms with Crippen molar-refractivity contribution in [1.82, 2.24) is 9.62 Å². The molecule has 0 bridgehead atoms. The van der Waals surface area contributed by atoms with Gasteiger partial charge in [0.2, 0.25) is 0 Å². The van der Waals surface area contributed by atoms with Gasteiger partial charge < -0.3 is 4.74 Å². The molecule has 106 valence electrons. The highest BCUT2D eigenvalue weighted by molar-refractivity contribution is 7.87. The molecule has 0 unspecified atom stereocenters. The first-order valence-corrected chi connectivity index (χ1v) is 7.73. The number of nitrogens with two attached hydrogens (primary N) is 1. The second-order valence-electron chi connectivity index (χ2n) is 4.61. The Morgan fingerprint density at radius 2 is 2.11 bits per heavy atom. The molecule has 0 saturated carbocycles. The number of nitrogens with zero attached hydrogens (tertiary/aromatic N) is 1. The molecule has 2 rings (SSSR count). The minimum atomic E-state index is -3.65. The zero-order valence-electron chi connectivity index (χ0n) is 10.7. The first-order valence-electron chi connectivity index (χ1n) is 6.18. The number of hydrogen-bond acceptors (Lipinski definition) is 4. The van der Waals surface area contributed by atoms with E-state index < -0.39 is 10.2 Å². The number of morpholine rings is 1. The smallest absolute Gasteiger partial charge is 0.274 e. The third-order valence-electron chi connectivity index (χ3n) is 2.98. The van der Waals surface area contributed by atoms with Crippen LogP contribution in [0.3, 0.4) is 0 Å². The molecule has 0 aliphatic carbocycles. The largest absolute Gasteiger partial charge is 0.374 e. The summed E-state index contributed by atoms with van der Waals surface area (Å²) >= 11 is 0. The number of hydrogen-bond donors (Lipinski definition) is 2. The van der Waals surface area contributed by atoms with Gasteiger partial charge in [0.1, 0.15) is 0 Å². The van der Waals surface area contributed by atoms with Gasteiger partial charge in [-0.3, -0.25) is 4.90 Å². The van der Waals surface area contributed by atoms with Crippen molar-refractivity contribution in [2.75, 3.05) is 26.2 Å². The molecule has 3 N–H and O–H groups in total. The first-order chi connectivity index (χ1) is 9.03. The second kappa shape index (κ2) is 6.44. The Labute approximate surface area is 113 Å². The molecule has 1 heterocycles. The Hall–Kier alpha value is -0.990. The summed E-state index contributed by atoms with van der Waals surface area (Å²) < 4.78 is 29.5. The zero-order valence-corrected chi connectivity index (χ0v) is 11.5. The van der Waals surface area contributed by atoms with Crippen molar-refractivity contribution in [3.63, 3.8) is 0 Å². The maximum atomic E-state index is 10.8. The van der Waals surface area contributed by atoms with Gasteiger partial charge >= 0.3 is 0 Å². The summed E-state index contributed by atoms with van der Waals surface area (Å²) in [6.45, 7) is 3.20. The van der Waals surface area contributed by atoms with Gasteiger partial charge in [0, 0.05) is 26.2 Å². The van der Waals surface area contributed by atoms with Crippen LogP contribution in [-0.4, -0.2) is 45.7 Å². The summed E-state index contributed by atoms with van der Waals surface area (Å²) in [5.74, 6) is 0. The normalized spacial score (nSPS) is 21.4. The van der Waals surface area contributed by atoms with Crippen LogP contribution in [0, 0.1) is 0 Å². The van der Waals surface area contributed by atoms with Crippen molar-refractivity contribution < 1.29 is 13.2 Å². The van der Waals surface area contributed by atoms with Crippen molar-refractivity contribution in [2.24, 2.45) is 5.14 Å². The van der Waals surface area contributed by atoms with E-state index in [1.807, 2.05) is 18.2 Å². The summed E-state index contributed by atoms with van der Waals surface area (Å²) in [4.78, 5) is 2.24. The Bertz CT molecular complexity index is 492. The van der Waals surface area contributed by atoms with Crippen molar-refractivity contribution >= 4 is 10.2 Å². The molecule has 0 amide bonds. The third-order valence-corrected chi connectivity index (χ3v) is 3.55. The van der Waals surface area contributed by atoms with Crippen LogP contribution in [0.1, 0.15) is 5.56 Å². The highest BCUT2D eigenvalue weighted by Gasteiger charge is 2.21. The van der Waals surface area contributed by atoms with Crippen LogP contribution >= 0.6 is 0 Å². The predicted octanol–water partition coefficient (Wildman–Crippen LogP) is -0.319. The molecule has 1 fully saturated rings. The SMILES string of the molecule is NS(=O)(=O)NC[C@H]1CN(Cc2ccccc2)CCO1. The van der Waals surface area contributed by atoms with E-state index in [9.17, 15) is 8.42 Å². The highest BCUT2D eigenvalue weighted by Crippen LogP contribution is 2.10. The molecule has 1 aromatic rings. The minimum absolute atomic E-state index is 0.157.